The van der Waals surface area contributed by atoms with Crippen LogP contribution in [0.1, 0.15) is 46.0 Å². The highest BCUT2D eigenvalue weighted by Crippen LogP contribution is 2.39. The average Bonchev–Trinajstić information content (AvgIpc) is 3.34. The zero-order chi connectivity index (χ0) is 23.9. The minimum absolute atomic E-state index is 0.0685. The van der Waals surface area contributed by atoms with E-state index in [2.05, 4.69) is 23.6 Å². The quantitative estimate of drug-likeness (QED) is 0.516. The SMILES string of the molecule is Cc1ccc(S(=O)(=O)N2CCC(C(=O)N3CCc4sccc4C3c3ccccc3)CC2)cc1C. The summed E-state index contributed by atoms with van der Waals surface area (Å²) in [5.74, 6) is -0.00784. The lowest BCUT2D eigenvalue weighted by molar-refractivity contribution is -0.138. The zero-order valence-corrected chi connectivity index (χ0v) is 21.2. The minimum atomic E-state index is -3.55. The van der Waals surface area contributed by atoms with E-state index in [1.807, 2.05) is 43.0 Å². The van der Waals surface area contributed by atoms with Crippen LogP contribution in [-0.2, 0) is 21.2 Å². The molecule has 7 heteroatoms. The Bertz CT molecular complexity index is 1290. The van der Waals surface area contributed by atoms with Gasteiger partial charge in [0.1, 0.15) is 0 Å². The summed E-state index contributed by atoms with van der Waals surface area (Å²) in [6, 6.07) is 17.6. The fourth-order valence-corrected chi connectivity index (χ4v) is 7.61. The molecule has 1 fully saturated rings. The van der Waals surface area contributed by atoms with Crippen LogP contribution in [0, 0.1) is 19.8 Å². The van der Waals surface area contributed by atoms with E-state index < -0.39 is 10.0 Å². The number of thiophene rings is 1. The molecule has 0 radical (unpaired) electrons. The summed E-state index contributed by atoms with van der Waals surface area (Å²) in [6.45, 7) is 5.36. The lowest BCUT2D eigenvalue weighted by Crippen LogP contribution is -2.47. The molecule has 0 N–H and O–H groups in total. The topological polar surface area (TPSA) is 57.7 Å². The fraction of sp³-hybridized carbons (Fsp3) is 0.370. The number of nitrogens with zero attached hydrogens (tertiary/aromatic N) is 2. The maximum atomic E-state index is 13.7. The summed E-state index contributed by atoms with van der Waals surface area (Å²) in [6.07, 6.45) is 1.98. The van der Waals surface area contributed by atoms with E-state index in [1.165, 1.54) is 10.4 Å². The zero-order valence-electron chi connectivity index (χ0n) is 19.6. The lowest BCUT2D eigenvalue weighted by Gasteiger charge is -2.40. The Morgan fingerprint density at radius 1 is 0.941 bits per heavy atom. The molecule has 3 aromatic rings. The van der Waals surface area contributed by atoms with Crippen molar-refractivity contribution in [1.29, 1.82) is 0 Å². The van der Waals surface area contributed by atoms with Gasteiger partial charge < -0.3 is 4.90 Å². The maximum Gasteiger partial charge on any atom is 0.243 e. The number of amides is 1. The summed E-state index contributed by atoms with van der Waals surface area (Å²) >= 11 is 1.76. The smallest absolute Gasteiger partial charge is 0.243 e. The molecule has 0 spiro atoms. The first kappa shape index (κ1) is 23.3. The van der Waals surface area contributed by atoms with Crippen LogP contribution in [0.5, 0.6) is 0 Å². The standard InChI is InChI=1S/C27H30N2O3S2/c1-19-8-9-23(18-20(19)2)34(31,32)28-14-10-22(11-15-28)27(30)29-16-12-25-24(13-17-33-25)26(29)21-6-4-3-5-7-21/h3-9,13,17-18,22,26H,10-12,14-16H2,1-2H3. The number of rotatable bonds is 4. The van der Waals surface area contributed by atoms with Crippen molar-refractivity contribution in [1.82, 2.24) is 9.21 Å². The van der Waals surface area contributed by atoms with E-state index in [0.717, 1.165) is 23.1 Å². The van der Waals surface area contributed by atoms with E-state index in [1.54, 1.807) is 27.8 Å². The first-order chi connectivity index (χ1) is 16.4. The van der Waals surface area contributed by atoms with E-state index in [0.29, 0.717) is 37.4 Å². The summed E-state index contributed by atoms with van der Waals surface area (Å²) in [7, 11) is -3.55. The molecule has 1 atom stereocenters. The number of hydrogen-bond donors (Lipinski definition) is 0. The van der Waals surface area contributed by atoms with Crippen LogP contribution in [0.3, 0.4) is 0 Å². The minimum Gasteiger partial charge on any atom is -0.331 e. The summed E-state index contributed by atoms with van der Waals surface area (Å²) < 4.78 is 28.0. The van der Waals surface area contributed by atoms with Crippen LogP contribution >= 0.6 is 11.3 Å². The predicted molar refractivity (Wildman–Crippen MR) is 135 cm³/mol. The molecule has 0 saturated carbocycles. The van der Waals surface area contributed by atoms with Gasteiger partial charge >= 0.3 is 0 Å². The molecule has 178 valence electrons. The molecule has 2 aliphatic heterocycles. The Morgan fingerprint density at radius 2 is 1.68 bits per heavy atom. The van der Waals surface area contributed by atoms with Crippen LogP contribution in [0.4, 0.5) is 0 Å². The normalized spacial score (nSPS) is 19.7. The van der Waals surface area contributed by atoms with Gasteiger partial charge in [0, 0.05) is 30.4 Å². The van der Waals surface area contributed by atoms with Gasteiger partial charge in [0.25, 0.3) is 0 Å². The lowest BCUT2D eigenvalue weighted by atomic mass is 9.89. The third-order valence-electron chi connectivity index (χ3n) is 7.28. The second-order valence-electron chi connectivity index (χ2n) is 9.32. The van der Waals surface area contributed by atoms with E-state index in [9.17, 15) is 13.2 Å². The first-order valence-corrected chi connectivity index (χ1v) is 14.2. The summed E-state index contributed by atoms with van der Waals surface area (Å²) in [5, 5.41) is 2.12. The van der Waals surface area contributed by atoms with Crippen molar-refractivity contribution in [2.45, 2.75) is 44.0 Å². The number of aryl methyl sites for hydroxylation is 2. The van der Waals surface area contributed by atoms with Gasteiger partial charge in [0.2, 0.25) is 15.9 Å². The van der Waals surface area contributed by atoms with Crippen molar-refractivity contribution in [2.75, 3.05) is 19.6 Å². The van der Waals surface area contributed by atoms with Crippen molar-refractivity contribution >= 4 is 27.3 Å². The Labute approximate surface area is 206 Å². The second-order valence-corrected chi connectivity index (χ2v) is 12.3. The third-order valence-corrected chi connectivity index (χ3v) is 10.2. The first-order valence-electron chi connectivity index (χ1n) is 11.9. The molecule has 3 heterocycles. The van der Waals surface area contributed by atoms with E-state index >= 15 is 0 Å². The van der Waals surface area contributed by atoms with Crippen molar-refractivity contribution in [3.05, 3.63) is 87.1 Å². The average molecular weight is 495 g/mol. The molecule has 0 bridgehead atoms. The number of benzene rings is 2. The van der Waals surface area contributed by atoms with Crippen molar-refractivity contribution in [2.24, 2.45) is 5.92 Å². The molecular weight excluding hydrogens is 464 g/mol. The van der Waals surface area contributed by atoms with Crippen LogP contribution < -0.4 is 0 Å². The van der Waals surface area contributed by atoms with E-state index in [-0.39, 0.29) is 17.9 Å². The van der Waals surface area contributed by atoms with Crippen LogP contribution in [0.2, 0.25) is 0 Å². The van der Waals surface area contributed by atoms with Crippen LogP contribution in [0.15, 0.2) is 64.9 Å². The largest absolute Gasteiger partial charge is 0.331 e. The van der Waals surface area contributed by atoms with Crippen molar-refractivity contribution < 1.29 is 13.2 Å². The number of sulfonamides is 1. The van der Waals surface area contributed by atoms with Crippen molar-refractivity contribution in [3.8, 4) is 0 Å². The Balaban J connectivity index is 1.33. The van der Waals surface area contributed by atoms with Gasteiger partial charge in [0.05, 0.1) is 10.9 Å². The predicted octanol–water partition coefficient (Wildman–Crippen LogP) is 4.94. The van der Waals surface area contributed by atoms with Gasteiger partial charge in [-0.15, -0.1) is 11.3 Å². The number of piperidine rings is 1. The molecule has 1 aromatic heterocycles. The van der Waals surface area contributed by atoms with Gasteiger partial charge in [-0.05, 0) is 78.9 Å². The molecule has 2 aromatic carbocycles. The van der Waals surface area contributed by atoms with Gasteiger partial charge in [-0.25, -0.2) is 8.42 Å². The molecule has 1 unspecified atom stereocenters. The summed E-state index contributed by atoms with van der Waals surface area (Å²) in [4.78, 5) is 17.5. The molecule has 1 saturated heterocycles. The maximum absolute atomic E-state index is 13.7. The van der Waals surface area contributed by atoms with Gasteiger partial charge in [0.15, 0.2) is 0 Å². The van der Waals surface area contributed by atoms with E-state index in [4.69, 9.17) is 0 Å². The number of carbonyl (C=O) groups is 1. The van der Waals surface area contributed by atoms with Gasteiger partial charge in [-0.3, -0.25) is 4.79 Å². The van der Waals surface area contributed by atoms with Gasteiger partial charge in [-0.1, -0.05) is 36.4 Å². The molecule has 2 aliphatic rings. The third kappa shape index (κ3) is 4.21. The Morgan fingerprint density at radius 3 is 2.38 bits per heavy atom. The molecule has 5 rings (SSSR count). The highest BCUT2D eigenvalue weighted by Gasteiger charge is 2.38. The Hall–Kier alpha value is -2.48. The molecule has 1 amide bonds. The molecule has 5 nitrogen and oxygen atoms in total. The van der Waals surface area contributed by atoms with Crippen LogP contribution in [0.25, 0.3) is 0 Å². The Kier molecular flexibility index (Phi) is 6.35. The van der Waals surface area contributed by atoms with Crippen LogP contribution in [-0.4, -0.2) is 43.2 Å². The van der Waals surface area contributed by atoms with Crippen molar-refractivity contribution in [3.63, 3.8) is 0 Å². The molecule has 34 heavy (non-hydrogen) atoms. The number of hydrogen-bond acceptors (Lipinski definition) is 4. The second kappa shape index (κ2) is 9.29. The monoisotopic (exact) mass is 494 g/mol. The fourth-order valence-electron chi connectivity index (χ4n) is 5.15. The molecule has 0 aliphatic carbocycles. The number of carbonyl (C=O) groups excluding carboxylic acids is 1. The molecular formula is C27H30N2O3S2. The summed E-state index contributed by atoms with van der Waals surface area (Å²) in [5.41, 5.74) is 4.40. The highest BCUT2D eigenvalue weighted by molar-refractivity contribution is 7.89. The number of fused-ring (bicyclic) bond motifs is 1. The van der Waals surface area contributed by atoms with Gasteiger partial charge in [-0.2, -0.15) is 4.31 Å². The highest BCUT2D eigenvalue weighted by atomic mass is 32.2.